The largest absolute Gasteiger partial charge is 0.481 e. The molecule has 0 bridgehead atoms. The SMILES string of the molecule is CCC(CNC(=O)N1CCC(C(=O)OC)C1)CC(=O)O. The fourth-order valence-corrected chi connectivity index (χ4v) is 2.26. The van der Waals surface area contributed by atoms with E-state index in [1.54, 1.807) is 4.90 Å². The molecule has 114 valence electrons. The smallest absolute Gasteiger partial charge is 0.317 e. The van der Waals surface area contributed by atoms with Crippen LogP contribution < -0.4 is 5.32 Å². The average Bonchev–Trinajstić information content (AvgIpc) is 2.91. The first-order valence-corrected chi connectivity index (χ1v) is 6.80. The van der Waals surface area contributed by atoms with Crippen LogP contribution in [0.1, 0.15) is 26.2 Å². The molecule has 1 saturated heterocycles. The average molecular weight is 286 g/mol. The maximum absolute atomic E-state index is 11.9. The second-order valence-electron chi connectivity index (χ2n) is 5.01. The molecule has 0 aliphatic carbocycles. The number of hydrogen-bond donors (Lipinski definition) is 2. The topological polar surface area (TPSA) is 95.9 Å². The van der Waals surface area contributed by atoms with Crippen LogP contribution in [0.3, 0.4) is 0 Å². The number of likely N-dealkylation sites (tertiary alicyclic amines) is 1. The minimum absolute atomic E-state index is 0.0432. The van der Waals surface area contributed by atoms with Crippen LogP contribution in [0.15, 0.2) is 0 Å². The fraction of sp³-hybridized carbons (Fsp3) is 0.769. The molecule has 0 radical (unpaired) electrons. The predicted octanol–water partition coefficient (Wildman–Crippen LogP) is 0.692. The Morgan fingerprint density at radius 3 is 2.70 bits per heavy atom. The Morgan fingerprint density at radius 1 is 1.45 bits per heavy atom. The number of rotatable bonds is 6. The molecule has 0 aromatic carbocycles. The van der Waals surface area contributed by atoms with E-state index in [-0.39, 0.29) is 30.3 Å². The molecule has 0 saturated carbocycles. The highest BCUT2D eigenvalue weighted by molar-refractivity contribution is 5.78. The summed E-state index contributed by atoms with van der Waals surface area (Å²) in [5.74, 6) is -1.49. The molecule has 1 heterocycles. The molecule has 0 spiro atoms. The molecule has 7 heteroatoms. The van der Waals surface area contributed by atoms with E-state index in [0.29, 0.717) is 32.5 Å². The van der Waals surface area contributed by atoms with Gasteiger partial charge in [-0.25, -0.2) is 4.79 Å². The van der Waals surface area contributed by atoms with E-state index in [1.807, 2.05) is 6.92 Å². The van der Waals surface area contributed by atoms with Crippen LogP contribution >= 0.6 is 0 Å². The molecule has 2 unspecified atom stereocenters. The van der Waals surface area contributed by atoms with Crippen molar-refractivity contribution in [3.8, 4) is 0 Å². The lowest BCUT2D eigenvalue weighted by Crippen LogP contribution is -2.41. The maximum Gasteiger partial charge on any atom is 0.317 e. The van der Waals surface area contributed by atoms with Crippen molar-refractivity contribution in [1.29, 1.82) is 0 Å². The Labute approximate surface area is 118 Å². The summed E-state index contributed by atoms with van der Waals surface area (Å²) in [7, 11) is 1.34. The maximum atomic E-state index is 11.9. The van der Waals surface area contributed by atoms with Gasteiger partial charge in [-0.3, -0.25) is 9.59 Å². The molecule has 1 rings (SSSR count). The molecule has 1 aliphatic heterocycles. The summed E-state index contributed by atoms with van der Waals surface area (Å²) in [6, 6.07) is -0.250. The van der Waals surface area contributed by atoms with Gasteiger partial charge >= 0.3 is 18.0 Å². The molecular formula is C13H22N2O5. The van der Waals surface area contributed by atoms with Crippen molar-refractivity contribution >= 4 is 18.0 Å². The van der Waals surface area contributed by atoms with E-state index in [0.717, 1.165) is 0 Å². The number of carboxylic acid groups (broad SMARTS) is 1. The third-order valence-corrected chi connectivity index (χ3v) is 3.59. The Kier molecular flexibility index (Phi) is 6.27. The zero-order chi connectivity index (χ0) is 15.1. The van der Waals surface area contributed by atoms with Crippen molar-refractivity contribution in [3.05, 3.63) is 0 Å². The van der Waals surface area contributed by atoms with Crippen LogP contribution in [0, 0.1) is 11.8 Å². The highest BCUT2D eigenvalue weighted by atomic mass is 16.5. The minimum atomic E-state index is -0.863. The fourth-order valence-electron chi connectivity index (χ4n) is 2.26. The van der Waals surface area contributed by atoms with Crippen LogP contribution in [0.4, 0.5) is 4.79 Å². The molecule has 7 nitrogen and oxygen atoms in total. The van der Waals surface area contributed by atoms with E-state index in [4.69, 9.17) is 5.11 Å². The van der Waals surface area contributed by atoms with Gasteiger partial charge in [0.05, 0.1) is 13.0 Å². The molecule has 0 aromatic heterocycles. The zero-order valence-corrected chi connectivity index (χ0v) is 11.9. The number of amides is 2. The monoisotopic (exact) mass is 286 g/mol. The Bertz CT molecular complexity index is 372. The summed E-state index contributed by atoms with van der Waals surface area (Å²) < 4.78 is 4.66. The first-order chi connectivity index (χ1) is 9.47. The van der Waals surface area contributed by atoms with Crippen molar-refractivity contribution in [3.63, 3.8) is 0 Å². The molecule has 2 amide bonds. The van der Waals surface area contributed by atoms with Crippen molar-refractivity contribution in [1.82, 2.24) is 10.2 Å². The van der Waals surface area contributed by atoms with E-state index in [2.05, 4.69) is 10.1 Å². The van der Waals surface area contributed by atoms with Crippen molar-refractivity contribution in [2.75, 3.05) is 26.7 Å². The quantitative estimate of drug-likeness (QED) is 0.700. The van der Waals surface area contributed by atoms with Crippen LogP contribution in [0.2, 0.25) is 0 Å². The third-order valence-electron chi connectivity index (χ3n) is 3.59. The van der Waals surface area contributed by atoms with Gasteiger partial charge in [0.1, 0.15) is 0 Å². The van der Waals surface area contributed by atoms with Crippen LogP contribution in [-0.4, -0.2) is 54.7 Å². The summed E-state index contributed by atoms with van der Waals surface area (Å²) in [5.41, 5.74) is 0. The van der Waals surface area contributed by atoms with Gasteiger partial charge in [-0.15, -0.1) is 0 Å². The second-order valence-corrected chi connectivity index (χ2v) is 5.01. The van der Waals surface area contributed by atoms with Gasteiger partial charge in [0.15, 0.2) is 0 Å². The number of carbonyl (C=O) groups is 3. The Morgan fingerprint density at radius 2 is 2.15 bits per heavy atom. The van der Waals surface area contributed by atoms with Gasteiger partial charge < -0.3 is 20.1 Å². The highest BCUT2D eigenvalue weighted by Gasteiger charge is 2.31. The van der Waals surface area contributed by atoms with Gasteiger partial charge in [0, 0.05) is 26.1 Å². The van der Waals surface area contributed by atoms with Gasteiger partial charge in [0.2, 0.25) is 0 Å². The lowest BCUT2D eigenvalue weighted by Gasteiger charge is -2.19. The summed E-state index contributed by atoms with van der Waals surface area (Å²) in [4.78, 5) is 35.5. The number of aliphatic carboxylic acids is 1. The minimum Gasteiger partial charge on any atom is -0.481 e. The number of urea groups is 1. The predicted molar refractivity (Wildman–Crippen MR) is 71.1 cm³/mol. The Hall–Kier alpha value is -1.79. The first-order valence-electron chi connectivity index (χ1n) is 6.80. The normalized spacial score (nSPS) is 19.5. The van der Waals surface area contributed by atoms with Crippen LogP contribution in [0.5, 0.6) is 0 Å². The Balaban J connectivity index is 2.36. The zero-order valence-electron chi connectivity index (χ0n) is 11.9. The van der Waals surface area contributed by atoms with Gasteiger partial charge in [-0.05, 0) is 12.3 Å². The summed E-state index contributed by atoms with van der Waals surface area (Å²) in [5, 5.41) is 11.5. The van der Waals surface area contributed by atoms with Crippen LogP contribution in [-0.2, 0) is 14.3 Å². The number of carboxylic acids is 1. The number of esters is 1. The molecule has 1 fully saturated rings. The van der Waals surface area contributed by atoms with Crippen molar-refractivity contribution in [2.45, 2.75) is 26.2 Å². The number of hydrogen-bond acceptors (Lipinski definition) is 4. The standard InChI is InChI=1S/C13H22N2O5/c1-3-9(6-11(16)17)7-14-13(19)15-5-4-10(8-15)12(18)20-2/h9-10H,3-8H2,1-2H3,(H,14,19)(H,16,17). The van der Waals surface area contributed by atoms with E-state index in [1.165, 1.54) is 7.11 Å². The first kappa shape index (κ1) is 16.3. The number of methoxy groups -OCH3 is 1. The lowest BCUT2D eigenvalue weighted by atomic mass is 10.0. The second kappa shape index (κ2) is 7.72. The highest BCUT2D eigenvalue weighted by Crippen LogP contribution is 2.17. The van der Waals surface area contributed by atoms with Gasteiger partial charge in [-0.2, -0.15) is 0 Å². The summed E-state index contributed by atoms with van der Waals surface area (Å²) >= 11 is 0. The number of carbonyl (C=O) groups excluding carboxylic acids is 2. The van der Waals surface area contributed by atoms with Crippen molar-refractivity contribution in [2.24, 2.45) is 11.8 Å². The van der Waals surface area contributed by atoms with Crippen LogP contribution in [0.25, 0.3) is 0 Å². The van der Waals surface area contributed by atoms with Gasteiger partial charge in [-0.1, -0.05) is 13.3 Å². The third kappa shape index (κ3) is 4.71. The summed E-state index contributed by atoms with van der Waals surface area (Å²) in [6.45, 7) is 3.10. The lowest BCUT2D eigenvalue weighted by molar-refractivity contribution is -0.145. The number of ether oxygens (including phenoxy) is 1. The number of nitrogens with one attached hydrogen (secondary N) is 1. The van der Waals surface area contributed by atoms with E-state index in [9.17, 15) is 14.4 Å². The molecule has 0 aromatic rings. The molecular weight excluding hydrogens is 264 g/mol. The molecule has 2 N–H and O–H groups in total. The number of nitrogens with zero attached hydrogens (tertiary/aromatic N) is 1. The molecule has 2 atom stereocenters. The van der Waals surface area contributed by atoms with Crippen molar-refractivity contribution < 1.29 is 24.2 Å². The molecule has 1 aliphatic rings. The summed E-state index contributed by atoms with van der Waals surface area (Å²) in [6.07, 6.45) is 1.34. The van der Waals surface area contributed by atoms with E-state index >= 15 is 0 Å². The molecule has 20 heavy (non-hydrogen) atoms. The van der Waals surface area contributed by atoms with Gasteiger partial charge in [0.25, 0.3) is 0 Å². The van der Waals surface area contributed by atoms with E-state index < -0.39 is 5.97 Å².